The van der Waals surface area contributed by atoms with Crippen molar-refractivity contribution in [3.8, 4) is 0 Å². The molecule has 47 heavy (non-hydrogen) atoms. The van der Waals surface area contributed by atoms with Crippen molar-refractivity contribution >= 4 is 22.6 Å². The lowest BCUT2D eigenvalue weighted by molar-refractivity contribution is -0.160. The second-order valence-corrected chi connectivity index (χ2v) is 11.4. The monoisotopic (exact) mass is 629 g/mol. The lowest BCUT2D eigenvalue weighted by Gasteiger charge is -2.37. The number of nitrogens with zero attached hydrogens (tertiary/aromatic N) is 1. The molecule has 3 N–H and O–H groups in total. The number of nitrogens with two attached hydrogens (primary N) is 1. The number of nitrogens with one attached hydrogen (secondary N) is 1. The van der Waals surface area contributed by atoms with Crippen LogP contribution >= 0.6 is 0 Å². The molecule has 0 unspecified atom stereocenters. The van der Waals surface area contributed by atoms with E-state index in [4.69, 9.17) is 15.2 Å². The Morgan fingerprint density at radius 2 is 1.19 bits per heavy atom. The van der Waals surface area contributed by atoms with Gasteiger partial charge in [-0.3, -0.25) is 9.59 Å². The Morgan fingerprint density at radius 3 is 1.70 bits per heavy atom. The number of hydrogen-bond donors (Lipinski definition) is 2. The van der Waals surface area contributed by atoms with Crippen molar-refractivity contribution in [3.05, 3.63) is 156 Å². The van der Waals surface area contributed by atoms with Crippen LogP contribution < -0.4 is 11.1 Å². The van der Waals surface area contributed by atoms with Gasteiger partial charge in [0.1, 0.15) is 5.54 Å². The molecule has 2 amide bonds. The second-order valence-electron chi connectivity index (χ2n) is 11.4. The number of amides is 2. The quantitative estimate of drug-likeness (QED) is 0.103. The van der Waals surface area contributed by atoms with Crippen molar-refractivity contribution in [2.45, 2.75) is 44.7 Å². The van der Waals surface area contributed by atoms with Crippen molar-refractivity contribution in [3.63, 3.8) is 0 Å². The molecule has 0 fully saturated rings. The zero-order chi connectivity index (χ0) is 33.1. The maximum absolute atomic E-state index is 14.1. The number of hydrogen-bond acceptors (Lipinski definition) is 5. The molecule has 5 rings (SSSR count). The fourth-order valence-corrected chi connectivity index (χ4v) is 6.06. The van der Waals surface area contributed by atoms with Crippen molar-refractivity contribution in [1.82, 2.24) is 10.2 Å². The number of carbonyl (C=O) groups excluding carboxylic acids is 2. The fraction of sp³-hybridized carbons (Fsp3) is 0.250. The molecule has 0 heterocycles. The SMILES string of the molecule is CCOC(CN(Cc1ccc2ccccc2c1)C(=O)[C@@H](N)CC(=O)NC(c1ccccc1)(c1ccccc1)c1ccccc1)OCC. The summed E-state index contributed by atoms with van der Waals surface area (Å²) in [6, 6.07) is 42.7. The minimum Gasteiger partial charge on any atom is -0.351 e. The summed E-state index contributed by atoms with van der Waals surface area (Å²) in [7, 11) is 0. The smallest absolute Gasteiger partial charge is 0.240 e. The first-order valence-corrected chi connectivity index (χ1v) is 16.2. The Labute approximate surface area is 277 Å². The van der Waals surface area contributed by atoms with E-state index in [2.05, 4.69) is 17.4 Å². The van der Waals surface area contributed by atoms with Gasteiger partial charge in [-0.1, -0.05) is 127 Å². The standard InChI is InChI=1S/C40H43N3O4/c1-3-46-38(47-4-2)29-43(28-30-24-25-31-16-14-15-17-32(31)26-30)39(45)36(41)27-37(44)42-40(33-18-8-5-9-19-33,34-20-10-6-11-21-34)35-22-12-7-13-23-35/h5-26,36,38H,3-4,27-29,41H2,1-2H3,(H,42,44)/t36-/m0/s1. The third kappa shape index (κ3) is 8.13. The molecule has 0 aliphatic rings. The Morgan fingerprint density at radius 1 is 0.702 bits per heavy atom. The van der Waals surface area contributed by atoms with Crippen LogP contribution in [0.2, 0.25) is 0 Å². The highest BCUT2D eigenvalue weighted by Crippen LogP contribution is 2.37. The molecule has 0 aromatic heterocycles. The molecular weight excluding hydrogens is 586 g/mol. The fourth-order valence-electron chi connectivity index (χ4n) is 6.06. The van der Waals surface area contributed by atoms with Crippen LogP contribution in [0.3, 0.4) is 0 Å². The molecule has 0 radical (unpaired) electrons. The summed E-state index contributed by atoms with van der Waals surface area (Å²) in [4.78, 5) is 29.7. The van der Waals surface area contributed by atoms with E-state index in [1.807, 2.05) is 135 Å². The van der Waals surface area contributed by atoms with E-state index >= 15 is 0 Å². The summed E-state index contributed by atoms with van der Waals surface area (Å²) in [6.45, 7) is 5.09. The maximum Gasteiger partial charge on any atom is 0.240 e. The first-order valence-electron chi connectivity index (χ1n) is 16.2. The van der Waals surface area contributed by atoms with E-state index in [9.17, 15) is 9.59 Å². The van der Waals surface area contributed by atoms with Crippen molar-refractivity contribution in [2.24, 2.45) is 5.73 Å². The molecule has 1 atom stereocenters. The molecule has 0 saturated heterocycles. The van der Waals surface area contributed by atoms with Crippen molar-refractivity contribution < 1.29 is 19.1 Å². The van der Waals surface area contributed by atoms with Gasteiger partial charge in [-0.05, 0) is 52.9 Å². The van der Waals surface area contributed by atoms with Crippen LogP contribution in [0.1, 0.15) is 42.5 Å². The zero-order valence-corrected chi connectivity index (χ0v) is 27.0. The topological polar surface area (TPSA) is 93.9 Å². The third-order valence-electron chi connectivity index (χ3n) is 8.24. The number of carbonyl (C=O) groups is 2. The molecule has 242 valence electrons. The first-order chi connectivity index (χ1) is 22.9. The van der Waals surface area contributed by atoms with Gasteiger partial charge in [0.05, 0.1) is 19.0 Å². The van der Waals surface area contributed by atoms with Gasteiger partial charge in [-0.25, -0.2) is 0 Å². The lowest BCUT2D eigenvalue weighted by Crippen LogP contribution is -2.52. The van der Waals surface area contributed by atoms with Gasteiger partial charge in [0.15, 0.2) is 6.29 Å². The minimum absolute atomic E-state index is 0.171. The summed E-state index contributed by atoms with van der Waals surface area (Å²) < 4.78 is 11.6. The average Bonchev–Trinajstić information content (AvgIpc) is 3.11. The molecule has 0 spiro atoms. The molecule has 7 heteroatoms. The molecule has 5 aromatic carbocycles. The maximum atomic E-state index is 14.1. The Balaban J connectivity index is 1.43. The van der Waals surface area contributed by atoms with E-state index in [1.165, 1.54) is 0 Å². The predicted molar refractivity (Wildman–Crippen MR) is 186 cm³/mol. The first kappa shape index (κ1) is 33.5. The van der Waals surface area contributed by atoms with Crippen LogP contribution in [-0.2, 0) is 31.1 Å². The summed E-state index contributed by atoms with van der Waals surface area (Å²) >= 11 is 0. The van der Waals surface area contributed by atoms with Gasteiger partial charge >= 0.3 is 0 Å². The van der Waals surface area contributed by atoms with E-state index in [1.54, 1.807) is 4.90 Å². The summed E-state index contributed by atoms with van der Waals surface area (Å²) in [5, 5.41) is 5.51. The van der Waals surface area contributed by atoms with Gasteiger partial charge in [0.25, 0.3) is 0 Å². The molecule has 5 aromatic rings. The highest BCUT2D eigenvalue weighted by atomic mass is 16.7. The highest BCUT2D eigenvalue weighted by molar-refractivity contribution is 5.89. The number of rotatable bonds is 15. The van der Waals surface area contributed by atoms with Gasteiger partial charge in [0.2, 0.25) is 11.8 Å². The van der Waals surface area contributed by atoms with Crippen molar-refractivity contribution in [2.75, 3.05) is 19.8 Å². The molecule has 0 saturated carbocycles. The third-order valence-corrected chi connectivity index (χ3v) is 8.24. The molecule has 0 aliphatic carbocycles. The van der Waals surface area contributed by atoms with E-state index < -0.39 is 17.9 Å². The summed E-state index contributed by atoms with van der Waals surface area (Å²) in [6.07, 6.45) is -0.841. The molecule has 7 nitrogen and oxygen atoms in total. The largest absolute Gasteiger partial charge is 0.351 e. The summed E-state index contributed by atoms with van der Waals surface area (Å²) in [5.74, 6) is -0.707. The predicted octanol–water partition coefficient (Wildman–Crippen LogP) is 6.39. The average molecular weight is 630 g/mol. The van der Waals surface area contributed by atoms with Gasteiger partial charge < -0.3 is 25.4 Å². The molecule has 0 bridgehead atoms. The van der Waals surface area contributed by atoms with Gasteiger partial charge in [-0.2, -0.15) is 0 Å². The van der Waals surface area contributed by atoms with Gasteiger partial charge in [0, 0.05) is 19.8 Å². The number of benzene rings is 5. The zero-order valence-electron chi connectivity index (χ0n) is 27.0. The highest BCUT2D eigenvalue weighted by Gasteiger charge is 2.38. The normalized spacial score (nSPS) is 12.2. The number of fused-ring (bicyclic) bond motifs is 1. The van der Waals surface area contributed by atoms with Gasteiger partial charge in [-0.15, -0.1) is 0 Å². The summed E-state index contributed by atoms with van der Waals surface area (Å²) in [5.41, 5.74) is 9.19. The van der Waals surface area contributed by atoms with E-state index in [0.717, 1.165) is 33.0 Å². The van der Waals surface area contributed by atoms with Crippen LogP contribution in [0.5, 0.6) is 0 Å². The Kier molecular flexibility index (Phi) is 11.5. The molecular formula is C40H43N3O4. The van der Waals surface area contributed by atoms with Crippen LogP contribution in [0.15, 0.2) is 133 Å². The Bertz CT molecular complexity index is 1630. The van der Waals surface area contributed by atoms with Crippen LogP contribution in [0.4, 0.5) is 0 Å². The van der Waals surface area contributed by atoms with E-state index in [-0.39, 0.29) is 31.3 Å². The second kappa shape index (κ2) is 16.1. The van der Waals surface area contributed by atoms with Crippen LogP contribution in [0.25, 0.3) is 10.8 Å². The van der Waals surface area contributed by atoms with Crippen LogP contribution in [0, 0.1) is 0 Å². The lowest BCUT2D eigenvalue weighted by atomic mass is 9.77. The van der Waals surface area contributed by atoms with Crippen molar-refractivity contribution in [1.29, 1.82) is 0 Å². The Hall–Kier alpha value is -4.82. The number of ether oxygens (including phenoxy) is 2. The van der Waals surface area contributed by atoms with Crippen LogP contribution in [-0.4, -0.2) is 48.8 Å². The molecule has 0 aliphatic heterocycles. The minimum atomic E-state index is -1.10. The van der Waals surface area contributed by atoms with E-state index in [0.29, 0.717) is 13.2 Å².